The van der Waals surface area contributed by atoms with Crippen molar-refractivity contribution >= 4 is 21.9 Å². The van der Waals surface area contributed by atoms with Gasteiger partial charge in [-0.05, 0) is 24.6 Å². The van der Waals surface area contributed by atoms with Gasteiger partial charge in [-0.1, -0.05) is 6.07 Å². The van der Waals surface area contributed by atoms with Gasteiger partial charge in [0, 0.05) is 24.7 Å². The summed E-state index contributed by atoms with van der Waals surface area (Å²) in [5, 5.41) is 2.33. The number of amides is 2. The number of benzene rings is 1. The Morgan fingerprint density at radius 2 is 1.96 bits per heavy atom. The molecule has 0 aromatic heterocycles. The maximum Gasteiger partial charge on any atom is 0.416 e. The molecule has 1 atom stereocenters. The first kappa shape index (κ1) is 22.9. The molecule has 0 spiro atoms. The average molecular weight is 411 g/mol. The number of hydrogen-bond acceptors (Lipinski definition) is 5. The van der Waals surface area contributed by atoms with E-state index in [4.69, 9.17) is 10.3 Å². The largest absolute Gasteiger partial charge is 0.416 e. The summed E-state index contributed by atoms with van der Waals surface area (Å²) in [4.78, 5) is 25.2. The predicted molar refractivity (Wildman–Crippen MR) is 90.4 cm³/mol. The van der Waals surface area contributed by atoms with Crippen LogP contribution in [0.2, 0.25) is 0 Å². The molecule has 0 aliphatic carbocycles. The second kappa shape index (κ2) is 9.15. The Labute approximate surface area is 154 Å². The van der Waals surface area contributed by atoms with Gasteiger partial charge in [0.05, 0.1) is 18.4 Å². The molecule has 1 fully saturated rings. The third kappa shape index (κ3) is 8.84. The summed E-state index contributed by atoms with van der Waals surface area (Å²) in [6, 6.07) is 3.99. The number of alkyl halides is 3. The Kier molecular flexibility index (Phi) is 7.75. The molecule has 8 nitrogen and oxygen atoms in total. The number of hydrogen-bond donors (Lipinski definition) is 3. The molecule has 2 rings (SSSR count). The van der Waals surface area contributed by atoms with Crippen LogP contribution in [0.3, 0.4) is 0 Å². The van der Waals surface area contributed by atoms with E-state index >= 15 is 0 Å². The van der Waals surface area contributed by atoms with Crippen LogP contribution >= 0.6 is 0 Å². The fourth-order valence-corrected chi connectivity index (χ4v) is 2.22. The lowest BCUT2D eigenvalue weighted by Crippen LogP contribution is -2.40. The van der Waals surface area contributed by atoms with Gasteiger partial charge in [0.2, 0.25) is 5.91 Å². The molecule has 0 saturated carbocycles. The summed E-state index contributed by atoms with van der Waals surface area (Å²) < 4.78 is 63.6. The number of halogens is 3. The minimum absolute atomic E-state index is 0.0666. The highest BCUT2D eigenvalue weighted by Crippen LogP contribution is 2.29. The monoisotopic (exact) mass is 411 g/mol. The molecule has 0 radical (unpaired) electrons. The number of nitrogens with one attached hydrogen (secondary N) is 1. The molecule has 2 amide bonds. The maximum absolute atomic E-state index is 12.6. The van der Waals surface area contributed by atoms with Crippen LogP contribution in [0.4, 0.5) is 13.2 Å². The van der Waals surface area contributed by atoms with Crippen molar-refractivity contribution in [1.82, 2.24) is 10.2 Å². The van der Waals surface area contributed by atoms with E-state index in [0.29, 0.717) is 25.8 Å². The topological polar surface area (TPSA) is 130 Å². The summed E-state index contributed by atoms with van der Waals surface area (Å²) in [6.07, 6.45) is -3.10. The van der Waals surface area contributed by atoms with Crippen LogP contribution in [0.5, 0.6) is 0 Å². The van der Waals surface area contributed by atoms with E-state index in [0.717, 1.165) is 18.2 Å². The van der Waals surface area contributed by atoms with Gasteiger partial charge in [0.15, 0.2) is 0 Å². The number of rotatable bonds is 3. The zero-order chi connectivity index (χ0) is 20.8. The Bertz CT molecular complexity index is 775. The molecule has 4 N–H and O–H groups in total. The molecule has 12 heteroatoms. The van der Waals surface area contributed by atoms with E-state index in [2.05, 4.69) is 5.32 Å². The Morgan fingerprint density at radius 3 is 2.44 bits per heavy atom. The van der Waals surface area contributed by atoms with Crippen LogP contribution in [0, 0.1) is 0 Å². The van der Waals surface area contributed by atoms with Crippen molar-refractivity contribution in [3.63, 3.8) is 0 Å². The second-order valence-electron chi connectivity index (χ2n) is 5.88. The van der Waals surface area contributed by atoms with E-state index in [1.54, 1.807) is 0 Å². The van der Waals surface area contributed by atoms with Gasteiger partial charge in [0.25, 0.3) is 16.0 Å². The third-order valence-corrected chi connectivity index (χ3v) is 3.43. The van der Waals surface area contributed by atoms with E-state index in [-0.39, 0.29) is 24.1 Å². The molecule has 152 valence electrons. The fourth-order valence-electron chi connectivity index (χ4n) is 2.22. The molecule has 1 unspecified atom stereocenters. The molecule has 1 saturated heterocycles. The van der Waals surface area contributed by atoms with Crippen molar-refractivity contribution < 1.29 is 35.7 Å². The molecule has 1 heterocycles. The molecule has 27 heavy (non-hydrogen) atoms. The highest BCUT2D eigenvalue weighted by atomic mass is 32.2. The van der Waals surface area contributed by atoms with E-state index < -0.39 is 27.8 Å². The van der Waals surface area contributed by atoms with E-state index in [1.807, 2.05) is 0 Å². The van der Waals surface area contributed by atoms with Crippen LogP contribution in [0.1, 0.15) is 22.3 Å². The quantitative estimate of drug-likeness (QED) is 0.621. The van der Waals surface area contributed by atoms with Crippen molar-refractivity contribution in [1.29, 1.82) is 0 Å². The van der Waals surface area contributed by atoms with Gasteiger partial charge in [-0.2, -0.15) is 21.6 Å². The summed E-state index contributed by atoms with van der Waals surface area (Å²) >= 11 is 0. The number of nitrogens with two attached hydrogens (primary N) is 1. The molecular weight excluding hydrogens is 391 g/mol. The van der Waals surface area contributed by atoms with Gasteiger partial charge in [0.1, 0.15) is 0 Å². The van der Waals surface area contributed by atoms with Gasteiger partial charge in [-0.25, -0.2) is 0 Å². The minimum atomic E-state index is -4.52. The first-order valence-corrected chi connectivity index (χ1v) is 9.53. The van der Waals surface area contributed by atoms with Gasteiger partial charge in [-0.3, -0.25) is 14.1 Å². The van der Waals surface area contributed by atoms with E-state index in [1.165, 1.54) is 11.0 Å². The van der Waals surface area contributed by atoms with Crippen LogP contribution < -0.4 is 11.1 Å². The third-order valence-electron chi connectivity index (χ3n) is 3.43. The molecule has 1 aliphatic heterocycles. The van der Waals surface area contributed by atoms with Gasteiger partial charge < -0.3 is 16.0 Å². The number of likely N-dealkylation sites (tertiary alicyclic amines) is 1. The van der Waals surface area contributed by atoms with Crippen molar-refractivity contribution in [3.05, 3.63) is 35.4 Å². The normalized spacial score (nSPS) is 17.1. The first-order valence-electron chi connectivity index (χ1n) is 7.68. The van der Waals surface area contributed by atoms with Crippen LogP contribution in [-0.2, 0) is 21.1 Å². The predicted octanol–water partition coefficient (Wildman–Crippen LogP) is 0.499. The van der Waals surface area contributed by atoms with Crippen LogP contribution in [0.15, 0.2) is 24.3 Å². The SMILES string of the molecule is CS(=O)(=O)O.NC1CCN(C(=O)CNC(=O)c2cccc(C(F)(F)F)c2)C1. The Morgan fingerprint density at radius 1 is 1.37 bits per heavy atom. The molecule has 1 aromatic carbocycles. The fraction of sp³-hybridized carbons (Fsp3) is 0.467. The van der Waals surface area contributed by atoms with Crippen molar-refractivity contribution in [2.75, 3.05) is 25.9 Å². The maximum atomic E-state index is 12.6. The minimum Gasteiger partial charge on any atom is -0.343 e. The lowest BCUT2D eigenvalue weighted by molar-refractivity contribution is -0.137. The van der Waals surface area contributed by atoms with Crippen LogP contribution in [0.25, 0.3) is 0 Å². The van der Waals surface area contributed by atoms with Crippen molar-refractivity contribution in [3.8, 4) is 0 Å². The highest BCUT2D eigenvalue weighted by molar-refractivity contribution is 7.85. The zero-order valence-corrected chi connectivity index (χ0v) is 15.2. The van der Waals surface area contributed by atoms with Crippen molar-refractivity contribution in [2.24, 2.45) is 5.73 Å². The van der Waals surface area contributed by atoms with Gasteiger partial charge in [-0.15, -0.1) is 0 Å². The standard InChI is InChI=1S/C14H16F3N3O2.CH4O3S/c15-14(16,17)10-3-1-2-9(6-10)13(22)19-7-12(21)20-5-4-11(18)8-20;1-5(2,3)4/h1-3,6,11H,4-5,7-8,18H2,(H,19,22);1H3,(H,2,3,4). The first-order chi connectivity index (χ1) is 12.3. The smallest absolute Gasteiger partial charge is 0.343 e. The molecule has 1 aromatic rings. The Hall–Kier alpha value is -2.18. The Balaban J connectivity index is 0.000000646. The molecule has 1 aliphatic rings. The molecule has 0 bridgehead atoms. The zero-order valence-electron chi connectivity index (χ0n) is 14.4. The summed E-state index contributed by atoms with van der Waals surface area (Å²) in [6.45, 7) is 0.694. The van der Waals surface area contributed by atoms with Crippen molar-refractivity contribution in [2.45, 2.75) is 18.6 Å². The average Bonchev–Trinajstić information content (AvgIpc) is 2.96. The van der Waals surface area contributed by atoms with Crippen LogP contribution in [-0.4, -0.2) is 61.6 Å². The van der Waals surface area contributed by atoms with E-state index in [9.17, 15) is 31.2 Å². The number of carbonyl (C=O) groups is 2. The number of nitrogens with zero attached hydrogens (tertiary/aromatic N) is 1. The highest BCUT2D eigenvalue weighted by Gasteiger charge is 2.31. The summed E-state index contributed by atoms with van der Waals surface area (Å²) in [5.41, 5.74) is 4.64. The summed E-state index contributed by atoms with van der Waals surface area (Å²) in [5.74, 6) is -1.02. The number of carbonyl (C=O) groups excluding carboxylic acids is 2. The molecular formula is C15H20F3N3O5S. The van der Waals surface area contributed by atoms with Gasteiger partial charge >= 0.3 is 6.18 Å². The lowest BCUT2D eigenvalue weighted by atomic mass is 10.1. The summed E-state index contributed by atoms with van der Waals surface area (Å²) in [7, 11) is -3.67. The second-order valence-corrected chi connectivity index (χ2v) is 7.35. The lowest BCUT2D eigenvalue weighted by Gasteiger charge is -2.16.